The topological polar surface area (TPSA) is 46.9 Å². The maximum Gasteiger partial charge on any atom is 0.234 e. The smallest absolute Gasteiger partial charge is 0.234 e. The van der Waals surface area contributed by atoms with Gasteiger partial charge in [-0.15, -0.1) is 5.10 Å². The summed E-state index contributed by atoms with van der Waals surface area (Å²) in [6.45, 7) is 0. The molecular weight excluding hydrogens is 417 g/mol. The van der Waals surface area contributed by atoms with Crippen molar-refractivity contribution >= 4 is 70.1 Å². The highest BCUT2D eigenvalue weighted by atomic mass is 35.5. The van der Waals surface area contributed by atoms with E-state index in [2.05, 4.69) is 10.4 Å². The van der Waals surface area contributed by atoms with Gasteiger partial charge >= 0.3 is 0 Å². The van der Waals surface area contributed by atoms with Gasteiger partial charge in [-0.05, 0) is 36.5 Å². The van der Waals surface area contributed by atoms with Gasteiger partial charge in [-0.3, -0.25) is 4.79 Å². The van der Waals surface area contributed by atoms with E-state index in [0.29, 0.717) is 24.0 Å². The van der Waals surface area contributed by atoms with Crippen LogP contribution in [-0.4, -0.2) is 21.4 Å². The molecule has 1 heterocycles. The van der Waals surface area contributed by atoms with Gasteiger partial charge in [0, 0.05) is 0 Å². The quantitative estimate of drug-likeness (QED) is 0.418. The van der Waals surface area contributed by atoms with E-state index in [1.807, 2.05) is 30.3 Å². The second kappa shape index (κ2) is 8.33. The second-order valence-electron chi connectivity index (χ2n) is 4.81. The Morgan fingerprint density at radius 3 is 2.52 bits per heavy atom. The summed E-state index contributed by atoms with van der Waals surface area (Å²) in [7, 11) is 0. The van der Waals surface area contributed by atoms with Crippen molar-refractivity contribution in [2.24, 2.45) is 0 Å². The summed E-state index contributed by atoms with van der Waals surface area (Å²) in [5.41, 5.74) is 1.31. The molecule has 2 aromatic carbocycles. The van der Waals surface area contributed by atoms with E-state index in [0.717, 1.165) is 5.69 Å². The fraction of sp³-hybridized carbons (Fsp3) is 0.0625. The number of nitrogens with one attached hydrogen (secondary N) is 1. The van der Waals surface area contributed by atoms with Crippen LogP contribution in [0, 0.1) is 3.95 Å². The summed E-state index contributed by atoms with van der Waals surface area (Å²) < 4.78 is 3.03. The largest absolute Gasteiger partial charge is 0.323 e. The van der Waals surface area contributed by atoms with Crippen molar-refractivity contribution in [3.05, 3.63) is 62.5 Å². The van der Waals surface area contributed by atoms with Crippen molar-refractivity contribution in [1.82, 2.24) is 9.78 Å². The lowest BCUT2D eigenvalue weighted by Gasteiger charge is -2.08. The Bertz CT molecular complexity index is 937. The Morgan fingerprint density at radius 2 is 1.84 bits per heavy atom. The molecule has 4 nitrogen and oxygen atoms in total. The van der Waals surface area contributed by atoms with Crippen LogP contribution >= 0.6 is 58.5 Å². The lowest BCUT2D eigenvalue weighted by molar-refractivity contribution is -0.113. The van der Waals surface area contributed by atoms with Crippen LogP contribution in [0.3, 0.4) is 0 Å². The fourth-order valence-electron chi connectivity index (χ4n) is 1.97. The average molecular weight is 428 g/mol. The van der Waals surface area contributed by atoms with Crippen molar-refractivity contribution in [3.8, 4) is 5.69 Å². The molecule has 1 N–H and O–H groups in total. The lowest BCUT2D eigenvalue weighted by atomic mass is 10.3. The zero-order chi connectivity index (χ0) is 17.8. The molecule has 9 heteroatoms. The number of aromatic nitrogens is 2. The minimum Gasteiger partial charge on any atom is -0.323 e. The maximum absolute atomic E-state index is 12.1. The number of hydrogen-bond acceptors (Lipinski definition) is 5. The number of halogens is 2. The predicted octanol–water partition coefficient (Wildman–Crippen LogP) is 5.70. The van der Waals surface area contributed by atoms with Crippen LogP contribution in [-0.2, 0) is 4.79 Å². The van der Waals surface area contributed by atoms with Crippen LogP contribution in [0.15, 0.2) is 52.9 Å². The van der Waals surface area contributed by atoms with E-state index in [4.69, 9.17) is 35.4 Å². The predicted molar refractivity (Wildman–Crippen MR) is 108 cm³/mol. The zero-order valence-corrected chi connectivity index (χ0v) is 16.6. The summed E-state index contributed by atoms with van der Waals surface area (Å²) in [4.78, 5) is 12.1. The van der Waals surface area contributed by atoms with Gasteiger partial charge in [-0.1, -0.05) is 70.6 Å². The Hall–Kier alpha value is -1.38. The summed E-state index contributed by atoms with van der Waals surface area (Å²) in [5.74, 6) is -0.0362. The molecule has 25 heavy (non-hydrogen) atoms. The third-order valence-electron chi connectivity index (χ3n) is 3.08. The molecule has 1 amide bonds. The van der Waals surface area contributed by atoms with Crippen LogP contribution in [0.2, 0.25) is 10.0 Å². The van der Waals surface area contributed by atoms with Crippen molar-refractivity contribution in [2.45, 2.75) is 4.34 Å². The Morgan fingerprint density at radius 1 is 1.16 bits per heavy atom. The van der Waals surface area contributed by atoms with E-state index in [9.17, 15) is 4.79 Å². The Kier molecular flexibility index (Phi) is 6.14. The highest BCUT2D eigenvalue weighted by Crippen LogP contribution is 2.30. The molecule has 0 fully saturated rings. The molecule has 0 radical (unpaired) electrons. The minimum atomic E-state index is -0.215. The van der Waals surface area contributed by atoms with Gasteiger partial charge in [-0.25, -0.2) is 4.68 Å². The number of para-hydroxylation sites is 2. The minimum absolute atomic E-state index is 0.179. The van der Waals surface area contributed by atoms with Gasteiger partial charge in [0.1, 0.15) is 0 Å². The number of thioether (sulfide) groups is 1. The molecule has 0 aliphatic carbocycles. The van der Waals surface area contributed by atoms with E-state index in [-0.39, 0.29) is 11.7 Å². The molecule has 0 saturated heterocycles. The molecule has 0 bridgehead atoms. The molecule has 0 atom stereocenters. The summed E-state index contributed by atoms with van der Waals surface area (Å²) >= 11 is 20.1. The first kappa shape index (κ1) is 18.4. The van der Waals surface area contributed by atoms with Gasteiger partial charge in [-0.2, -0.15) is 0 Å². The summed E-state index contributed by atoms with van der Waals surface area (Å²) in [6, 6.07) is 14.7. The number of hydrogen-bond donors (Lipinski definition) is 1. The molecule has 0 saturated carbocycles. The average Bonchev–Trinajstić information content (AvgIpc) is 2.98. The molecule has 0 unspecified atom stereocenters. The molecule has 3 rings (SSSR count). The number of carbonyl (C=O) groups excluding carboxylic acids is 1. The number of nitrogens with zero attached hydrogens (tertiary/aromatic N) is 2. The molecule has 3 aromatic rings. The van der Waals surface area contributed by atoms with Crippen LogP contribution in [0.25, 0.3) is 5.69 Å². The van der Waals surface area contributed by atoms with Crippen LogP contribution in [0.4, 0.5) is 5.69 Å². The van der Waals surface area contributed by atoms with Crippen molar-refractivity contribution < 1.29 is 4.79 Å². The molecule has 0 aliphatic rings. The van der Waals surface area contributed by atoms with Crippen LogP contribution in [0.5, 0.6) is 0 Å². The van der Waals surface area contributed by atoms with E-state index in [1.54, 1.807) is 22.9 Å². The Balaban J connectivity index is 1.66. The molecule has 0 aliphatic heterocycles. The van der Waals surface area contributed by atoms with E-state index in [1.165, 1.54) is 23.1 Å². The Labute approximate surface area is 167 Å². The van der Waals surface area contributed by atoms with Gasteiger partial charge < -0.3 is 5.32 Å². The second-order valence-corrected chi connectivity index (χ2v) is 8.47. The van der Waals surface area contributed by atoms with Crippen molar-refractivity contribution in [1.29, 1.82) is 0 Å². The van der Waals surface area contributed by atoms with Gasteiger partial charge in [0.2, 0.25) is 5.91 Å². The molecule has 0 spiro atoms. The number of carbonyl (C=O) groups is 1. The summed E-state index contributed by atoms with van der Waals surface area (Å²) in [6.07, 6.45) is 0. The maximum atomic E-state index is 12.1. The third-order valence-corrected chi connectivity index (χ3v) is 6.08. The SMILES string of the molecule is O=C(CSc1nn(-c2ccccc2)c(=S)s1)Nc1c(Cl)cccc1Cl. The van der Waals surface area contributed by atoms with Gasteiger partial charge in [0.05, 0.1) is 27.2 Å². The van der Waals surface area contributed by atoms with Crippen LogP contribution in [0.1, 0.15) is 0 Å². The van der Waals surface area contributed by atoms with E-state index >= 15 is 0 Å². The lowest BCUT2D eigenvalue weighted by Crippen LogP contribution is -2.14. The number of rotatable bonds is 5. The third kappa shape index (κ3) is 4.62. The van der Waals surface area contributed by atoms with Gasteiger partial charge in [0.25, 0.3) is 0 Å². The molecule has 1 aromatic heterocycles. The molecular formula is C16H11Cl2N3OS3. The number of amides is 1. The molecule has 128 valence electrons. The zero-order valence-electron chi connectivity index (χ0n) is 12.6. The fourth-order valence-corrected chi connectivity index (χ4v) is 4.62. The normalized spacial score (nSPS) is 10.6. The first-order valence-corrected chi connectivity index (χ1v) is 10.0. The number of benzene rings is 2. The standard InChI is InChI=1S/C16H11Cl2N3OS3/c17-11-7-4-8-12(18)14(11)19-13(22)9-24-15-20-21(16(23)25-15)10-5-2-1-3-6-10/h1-8H,9H2,(H,19,22). The van der Waals surface area contributed by atoms with Crippen LogP contribution < -0.4 is 5.32 Å². The van der Waals surface area contributed by atoms with Crippen molar-refractivity contribution in [2.75, 3.05) is 11.1 Å². The summed E-state index contributed by atoms with van der Waals surface area (Å²) in [5, 5.41) is 7.97. The van der Waals surface area contributed by atoms with E-state index < -0.39 is 0 Å². The first-order chi connectivity index (χ1) is 12.0. The highest BCUT2D eigenvalue weighted by Gasteiger charge is 2.12. The van der Waals surface area contributed by atoms with Gasteiger partial charge in [0.15, 0.2) is 8.29 Å². The monoisotopic (exact) mass is 427 g/mol. The number of anilines is 1. The highest BCUT2D eigenvalue weighted by molar-refractivity contribution is 8.01. The van der Waals surface area contributed by atoms with Crippen molar-refractivity contribution in [3.63, 3.8) is 0 Å². The first-order valence-electron chi connectivity index (χ1n) is 7.07.